The van der Waals surface area contributed by atoms with Gasteiger partial charge in [-0.2, -0.15) is 0 Å². The molecule has 0 unspecified atom stereocenters. The summed E-state index contributed by atoms with van der Waals surface area (Å²) >= 11 is 0. The zero-order valence-electron chi connectivity index (χ0n) is 18.3. The van der Waals surface area contributed by atoms with Crippen LogP contribution in [0.25, 0.3) is 0 Å². The van der Waals surface area contributed by atoms with Gasteiger partial charge in [0, 0.05) is 50.9 Å². The largest absolute Gasteiger partial charge is 0.371 e. The molecule has 0 bridgehead atoms. The molecule has 1 N–H and O–H groups in total. The highest BCUT2D eigenvalue weighted by atomic mass is 32.2. The summed E-state index contributed by atoms with van der Waals surface area (Å²) < 4.78 is 25.1. The molecule has 2 amide bonds. The minimum atomic E-state index is -3.24. The molecule has 8 nitrogen and oxygen atoms in total. The lowest BCUT2D eigenvalue weighted by Gasteiger charge is -2.36. The number of carbonyl (C=O) groups excluding carboxylic acids is 2. The second kappa shape index (κ2) is 8.78. The fraction of sp³-hybridized carbons (Fsp3) is 0.636. The number of hydrogen-bond acceptors (Lipinski definition) is 5. The van der Waals surface area contributed by atoms with Gasteiger partial charge in [0.2, 0.25) is 15.9 Å². The lowest BCUT2D eigenvalue weighted by Crippen LogP contribution is -2.47. The van der Waals surface area contributed by atoms with Gasteiger partial charge in [-0.1, -0.05) is 0 Å². The summed E-state index contributed by atoms with van der Waals surface area (Å²) in [5.41, 5.74) is 2.27. The molecule has 2 saturated heterocycles. The number of sulfonamides is 1. The Morgan fingerprint density at radius 1 is 1.03 bits per heavy atom. The molecule has 0 atom stereocenters. The molecule has 31 heavy (non-hydrogen) atoms. The first-order chi connectivity index (χ1) is 14.7. The molecule has 170 valence electrons. The quantitative estimate of drug-likeness (QED) is 0.720. The molecule has 0 spiro atoms. The molecular formula is C22H32N4O4S. The Balaban J connectivity index is 1.49. The Bertz CT molecular complexity index is 946. The lowest BCUT2D eigenvalue weighted by atomic mass is 10.0. The van der Waals surface area contributed by atoms with Gasteiger partial charge >= 0.3 is 0 Å². The van der Waals surface area contributed by atoms with Crippen molar-refractivity contribution in [3.63, 3.8) is 0 Å². The SMILES string of the molecule is CN(C1CCN(C(=O)c2ccc(NC(=O)C3CC3)cc2N2CCCC2)CC1)S(C)(=O)=O. The fourth-order valence-electron chi connectivity index (χ4n) is 4.47. The van der Waals surface area contributed by atoms with E-state index in [0.29, 0.717) is 31.5 Å². The monoisotopic (exact) mass is 448 g/mol. The molecular weight excluding hydrogens is 416 g/mol. The van der Waals surface area contributed by atoms with Crippen LogP contribution in [-0.2, 0) is 14.8 Å². The Labute approximate surface area is 184 Å². The van der Waals surface area contributed by atoms with E-state index in [-0.39, 0.29) is 23.8 Å². The van der Waals surface area contributed by atoms with Crippen LogP contribution in [-0.4, -0.2) is 75.0 Å². The van der Waals surface area contributed by atoms with Crippen molar-refractivity contribution < 1.29 is 18.0 Å². The normalized spacial score (nSPS) is 20.4. The van der Waals surface area contributed by atoms with Crippen LogP contribution in [0.2, 0.25) is 0 Å². The summed E-state index contributed by atoms with van der Waals surface area (Å²) in [5.74, 6) is 0.161. The van der Waals surface area contributed by atoms with E-state index >= 15 is 0 Å². The number of rotatable bonds is 6. The van der Waals surface area contributed by atoms with E-state index in [9.17, 15) is 18.0 Å². The Morgan fingerprint density at radius 2 is 1.68 bits per heavy atom. The average Bonchev–Trinajstić information content (AvgIpc) is 3.46. The third kappa shape index (κ3) is 5.03. The molecule has 0 radical (unpaired) electrons. The lowest BCUT2D eigenvalue weighted by molar-refractivity contribution is -0.117. The van der Waals surface area contributed by atoms with Crippen LogP contribution in [0.15, 0.2) is 18.2 Å². The van der Waals surface area contributed by atoms with Crippen molar-refractivity contribution in [2.45, 2.75) is 44.6 Å². The van der Waals surface area contributed by atoms with Crippen LogP contribution in [0, 0.1) is 5.92 Å². The molecule has 1 aromatic rings. The minimum absolute atomic E-state index is 0.0255. The van der Waals surface area contributed by atoms with Crippen molar-refractivity contribution >= 4 is 33.2 Å². The number of hydrogen-bond donors (Lipinski definition) is 1. The van der Waals surface area contributed by atoms with Gasteiger partial charge in [0.15, 0.2) is 0 Å². The van der Waals surface area contributed by atoms with Crippen molar-refractivity contribution in [1.29, 1.82) is 0 Å². The number of benzene rings is 1. The highest BCUT2D eigenvalue weighted by Gasteiger charge is 2.32. The second-order valence-corrected chi connectivity index (χ2v) is 11.0. The molecule has 2 aliphatic heterocycles. The van der Waals surface area contributed by atoms with Gasteiger partial charge < -0.3 is 15.1 Å². The maximum absolute atomic E-state index is 13.4. The van der Waals surface area contributed by atoms with Gasteiger partial charge in [0.25, 0.3) is 5.91 Å². The fourth-order valence-corrected chi connectivity index (χ4v) is 5.23. The van der Waals surface area contributed by atoms with E-state index in [2.05, 4.69) is 10.2 Å². The van der Waals surface area contributed by atoms with Crippen molar-refractivity contribution in [3.05, 3.63) is 23.8 Å². The van der Waals surface area contributed by atoms with Crippen LogP contribution in [0.3, 0.4) is 0 Å². The third-order valence-electron chi connectivity index (χ3n) is 6.68. The molecule has 0 aromatic heterocycles. The van der Waals surface area contributed by atoms with E-state index in [4.69, 9.17) is 0 Å². The minimum Gasteiger partial charge on any atom is -0.371 e. The van der Waals surface area contributed by atoms with E-state index < -0.39 is 10.0 Å². The Morgan fingerprint density at radius 3 is 2.26 bits per heavy atom. The standard InChI is InChI=1S/C22H32N4O4S/c1-24(31(2,29)30)18-9-13-26(14-10-18)22(28)19-8-7-17(23-21(27)16-5-6-16)15-20(19)25-11-3-4-12-25/h7-8,15-16,18H,3-6,9-14H2,1-2H3,(H,23,27). The van der Waals surface area contributed by atoms with E-state index in [0.717, 1.165) is 50.1 Å². The number of anilines is 2. The number of amides is 2. The number of likely N-dealkylation sites (tertiary alicyclic amines) is 1. The first kappa shape index (κ1) is 22.1. The molecule has 1 aliphatic carbocycles. The number of piperidine rings is 1. The van der Waals surface area contributed by atoms with Crippen LogP contribution >= 0.6 is 0 Å². The molecule has 4 rings (SSSR count). The summed E-state index contributed by atoms with van der Waals surface area (Å²) in [5, 5.41) is 2.99. The molecule has 3 aliphatic rings. The third-order valence-corrected chi connectivity index (χ3v) is 8.02. The zero-order chi connectivity index (χ0) is 22.2. The van der Waals surface area contributed by atoms with Crippen LogP contribution in [0.1, 0.15) is 48.9 Å². The second-order valence-electron chi connectivity index (χ2n) is 8.99. The summed E-state index contributed by atoms with van der Waals surface area (Å²) in [6, 6.07) is 5.50. The maximum Gasteiger partial charge on any atom is 0.255 e. The van der Waals surface area contributed by atoms with Gasteiger partial charge in [-0.15, -0.1) is 0 Å². The van der Waals surface area contributed by atoms with Crippen LogP contribution in [0.5, 0.6) is 0 Å². The Kier molecular flexibility index (Phi) is 6.25. The molecule has 1 saturated carbocycles. The summed E-state index contributed by atoms with van der Waals surface area (Å²) in [6.07, 6.45) is 6.56. The molecule has 3 fully saturated rings. The summed E-state index contributed by atoms with van der Waals surface area (Å²) in [4.78, 5) is 29.6. The molecule has 2 heterocycles. The highest BCUT2D eigenvalue weighted by Crippen LogP contribution is 2.33. The van der Waals surface area contributed by atoms with E-state index in [1.54, 1.807) is 7.05 Å². The topological polar surface area (TPSA) is 90.0 Å². The van der Waals surface area contributed by atoms with Crippen molar-refractivity contribution in [3.8, 4) is 0 Å². The maximum atomic E-state index is 13.4. The van der Waals surface area contributed by atoms with Crippen molar-refractivity contribution in [1.82, 2.24) is 9.21 Å². The first-order valence-corrected chi connectivity index (χ1v) is 13.0. The smallest absolute Gasteiger partial charge is 0.255 e. The summed E-state index contributed by atoms with van der Waals surface area (Å²) in [7, 11) is -1.63. The van der Waals surface area contributed by atoms with Gasteiger partial charge in [0.1, 0.15) is 0 Å². The first-order valence-electron chi connectivity index (χ1n) is 11.2. The number of carbonyl (C=O) groups is 2. The van der Waals surface area contributed by atoms with Gasteiger partial charge in [-0.3, -0.25) is 9.59 Å². The molecule has 1 aromatic carbocycles. The van der Waals surface area contributed by atoms with Gasteiger partial charge in [-0.05, 0) is 56.7 Å². The highest BCUT2D eigenvalue weighted by molar-refractivity contribution is 7.88. The molecule has 9 heteroatoms. The predicted molar refractivity (Wildman–Crippen MR) is 121 cm³/mol. The number of nitrogens with zero attached hydrogens (tertiary/aromatic N) is 3. The van der Waals surface area contributed by atoms with Gasteiger partial charge in [-0.25, -0.2) is 12.7 Å². The van der Waals surface area contributed by atoms with Crippen molar-refractivity contribution in [2.24, 2.45) is 5.92 Å². The number of nitrogens with one attached hydrogen (secondary N) is 1. The van der Waals surface area contributed by atoms with Crippen LogP contribution in [0.4, 0.5) is 11.4 Å². The van der Waals surface area contributed by atoms with E-state index in [1.165, 1.54) is 10.6 Å². The van der Waals surface area contributed by atoms with Gasteiger partial charge in [0.05, 0.1) is 17.5 Å². The Hall–Kier alpha value is -2.13. The average molecular weight is 449 g/mol. The predicted octanol–water partition coefficient (Wildman–Crippen LogP) is 2.13. The van der Waals surface area contributed by atoms with Crippen molar-refractivity contribution in [2.75, 3.05) is 49.7 Å². The summed E-state index contributed by atoms with van der Waals surface area (Å²) in [6.45, 7) is 2.87. The van der Waals surface area contributed by atoms with Crippen LogP contribution < -0.4 is 10.2 Å². The van der Waals surface area contributed by atoms with E-state index in [1.807, 2.05) is 23.1 Å². The zero-order valence-corrected chi connectivity index (χ0v) is 19.2.